The Morgan fingerprint density at radius 3 is 2.10 bits per heavy atom. The van der Waals surface area contributed by atoms with E-state index >= 15 is 0 Å². The van der Waals surface area contributed by atoms with Gasteiger partial charge < -0.3 is 9.47 Å². The molecule has 1 aliphatic rings. The second-order valence-electron chi connectivity index (χ2n) is 9.00. The zero-order valence-corrected chi connectivity index (χ0v) is 18.7. The number of allylic oxidation sites excluding steroid dienone is 1. The minimum absolute atomic E-state index is 0.0964. The predicted molar refractivity (Wildman–Crippen MR) is 119 cm³/mol. The third-order valence-corrected chi connectivity index (χ3v) is 5.59. The van der Waals surface area contributed by atoms with Gasteiger partial charge in [0.25, 0.3) is 0 Å². The molecule has 4 nitrogen and oxygen atoms in total. The topological polar surface area (TPSA) is 52.6 Å². The Morgan fingerprint density at radius 1 is 0.933 bits per heavy atom. The van der Waals surface area contributed by atoms with E-state index in [1.807, 2.05) is 26.0 Å². The van der Waals surface area contributed by atoms with E-state index in [1.54, 1.807) is 19.3 Å². The summed E-state index contributed by atoms with van der Waals surface area (Å²) in [5.41, 5.74) is 5.55. The second-order valence-corrected chi connectivity index (χ2v) is 9.00. The zero-order valence-electron chi connectivity index (χ0n) is 18.7. The molecule has 0 aromatic heterocycles. The summed E-state index contributed by atoms with van der Waals surface area (Å²) >= 11 is 0. The molecule has 1 fully saturated rings. The Labute approximate surface area is 178 Å². The summed E-state index contributed by atoms with van der Waals surface area (Å²) in [5.74, 6) is 1.01. The molecule has 1 saturated carbocycles. The highest BCUT2D eigenvalue weighted by molar-refractivity contribution is 6.25. The van der Waals surface area contributed by atoms with E-state index in [9.17, 15) is 9.59 Å². The highest BCUT2D eigenvalue weighted by atomic mass is 16.5. The average Bonchev–Trinajstić information content (AvgIpc) is 2.63. The second kappa shape index (κ2) is 8.47. The number of hydrogen-bond donors (Lipinski definition) is 0. The van der Waals surface area contributed by atoms with E-state index in [4.69, 9.17) is 9.47 Å². The minimum Gasteiger partial charge on any atom is -0.493 e. The van der Waals surface area contributed by atoms with Gasteiger partial charge in [-0.3, -0.25) is 9.59 Å². The van der Waals surface area contributed by atoms with Crippen molar-refractivity contribution >= 4 is 17.6 Å². The SMILES string of the molecule is COc1cc(C=C2C(=O)CC(C)(C)CC2=O)ccc1OCc1c(C)cc(C)cc1C. The Morgan fingerprint density at radius 2 is 1.53 bits per heavy atom. The van der Waals surface area contributed by atoms with E-state index in [-0.39, 0.29) is 22.6 Å². The molecule has 2 aromatic rings. The summed E-state index contributed by atoms with van der Waals surface area (Å²) < 4.78 is 11.6. The number of ether oxygens (including phenoxy) is 2. The van der Waals surface area contributed by atoms with Crippen molar-refractivity contribution in [2.75, 3.05) is 7.11 Å². The standard InChI is InChI=1S/C26H30O4/c1-16-9-17(2)21(18(3)10-16)15-30-24-8-7-19(12-25(24)29-6)11-20-22(27)13-26(4,5)14-23(20)28/h7-12H,13-15H2,1-6H3. The lowest BCUT2D eigenvalue weighted by atomic mass is 9.74. The molecular weight excluding hydrogens is 376 g/mol. The number of Topliss-reactive ketones (excluding diaryl/α,β-unsaturated/α-hetero) is 2. The normalized spacial score (nSPS) is 15.9. The molecule has 0 spiro atoms. The zero-order chi connectivity index (χ0) is 22.1. The Balaban J connectivity index is 1.82. The molecule has 3 rings (SSSR count). The summed E-state index contributed by atoms with van der Waals surface area (Å²) in [6.45, 7) is 10.6. The van der Waals surface area contributed by atoms with Gasteiger partial charge in [-0.05, 0) is 66.6 Å². The quantitative estimate of drug-likeness (QED) is 0.483. The lowest BCUT2D eigenvalue weighted by molar-refractivity contribution is -0.127. The van der Waals surface area contributed by atoms with Gasteiger partial charge in [-0.25, -0.2) is 0 Å². The van der Waals surface area contributed by atoms with E-state index in [1.165, 1.54) is 16.7 Å². The van der Waals surface area contributed by atoms with E-state index in [0.29, 0.717) is 30.9 Å². The number of methoxy groups -OCH3 is 1. The molecule has 0 saturated heterocycles. The van der Waals surface area contributed by atoms with Crippen LogP contribution in [-0.2, 0) is 16.2 Å². The fourth-order valence-corrected chi connectivity index (χ4v) is 4.09. The van der Waals surface area contributed by atoms with E-state index in [0.717, 1.165) is 11.1 Å². The van der Waals surface area contributed by atoms with Gasteiger partial charge in [0.15, 0.2) is 23.1 Å². The first kappa shape index (κ1) is 21.8. The Bertz CT molecular complexity index is 982. The number of rotatable bonds is 5. The summed E-state index contributed by atoms with van der Waals surface area (Å²) in [5, 5.41) is 0. The molecule has 0 radical (unpaired) electrons. The van der Waals surface area contributed by atoms with Gasteiger partial charge in [-0.15, -0.1) is 0 Å². The van der Waals surface area contributed by atoms with Crippen LogP contribution in [0.25, 0.3) is 6.08 Å². The van der Waals surface area contributed by atoms with Crippen LogP contribution in [0.5, 0.6) is 11.5 Å². The lowest BCUT2D eigenvalue weighted by Crippen LogP contribution is -2.31. The van der Waals surface area contributed by atoms with Crippen LogP contribution in [0, 0.1) is 26.2 Å². The van der Waals surface area contributed by atoms with Crippen LogP contribution in [0.15, 0.2) is 35.9 Å². The third kappa shape index (κ3) is 4.81. The van der Waals surface area contributed by atoms with E-state index in [2.05, 4.69) is 32.9 Å². The van der Waals surface area contributed by atoms with Gasteiger partial charge in [0.2, 0.25) is 0 Å². The number of ketones is 2. The predicted octanol–water partition coefficient (Wildman–Crippen LogP) is 5.54. The summed E-state index contributed by atoms with van der Waals surface area (Å²) in [6, 6.07) is 9.78. The molecule has 0 N–H and O–H groups in total. The maximum absolute atomic E-state index is 12.4. The molecule has 0 bridgehead atoms. The van der Waals surface area contributed by atoms with Gasteiger partial charge in [0, 0.05) is 12.8 Å². The molecule has 158 valence electrons. The number of benzene rings is 2. The van der Waals surface area contributed by atoms with Crippen molar-refractivity contribution in [3.05, 3.63) is 63.7 Å². The smallest absolute Gasteiger partial charge is 0.167 e. The summed E-state index contributed by atoms with van der Waals surface area (Å²) in [4.78, 5) is 24.9. The van der Waals surface area contributed by atoms with Crippen LogP contribution in [-0.4, -0.2) is 18.7 Å². The molecular formula is C26H30O4. The van der Waals surface area contributed by atoms with Crippen molar-refractivity contribution < 1.29 is 19.1 Å². The van der Waals surface area contributed by atoms with Crippen molar-refractivity contribution in [1.82, 2.24) is 0 Å². The molecule has 1 aliphatic carbocycles. The average molecular weight is 407 g/mol. The van der Waals surface area contributed by atoms with Crippen molar-refractivity contribution in [1.29, 1.82) is 0 Å². The molecule has 0 amide bonds. The van der Waals surface area contributed by atoms with Crippen LogP contribution in [0.3, 0.4) is 0 Å². The highest BCUT2D eigenvalue weighted by Crippen LogP contribution is 2.35. The monoisotopic (exact) mass is 406 g/mol. The first-order valence-electron chi connectivity index (χ1n) is 10.3. The number of carbonyl (C=O) groups is 2. The van der Waals surface area contributed by atoms with Gasteiger partial charge >= 0.3 is 0 Å². The molecule has 30 heavy (non-hydrogen) atoms. The summed E-state index contributed by atoms with van der Waals surface area (Å²) in [7, 11) is 1.58. The van der Waals surface area contributed by atoms with Gasteiger partial charge in [0.1, 0.15) is 6.61 Å². The van der Waals surface area contributed by atoms with Crippen LogP contribution in [0.4, 0.5) is 0 Å². The fraction of sp³-hybridized carbons (Fsp3) is 0.385. The maximum Gasteiger partial charge on any atom is 0.167 e. The lowest BCUT2D eigenvalue weighted by Gasteiger charge is -2.28. The largest absolute Gasteiger partial charge is 0.493 e. The fourth-order valence-electron chi connectivity index (χ4n) is 4.09. The van der Waals surface area contributed by atoms with Crippen LogP contribution < -0.4 is 9.47 Å². The maximum atomic E-state index is 12.4. The van der Waals surface area contributed by atoms with Gasteiger partial charge in [-0.1, -0.05) is 37.6 Å². The van der Waals surface area contributed by atoms with Crippen molar-refractivity contribution in [2.45, 2.75) is 54.1 Å². The van der Waals surface area contributed by atoms with E-state index < -0.39 is 0 Å². The molecule has 0 aliphatic heterocycles. The van der Waals surface area contributed by atoms with Gasteiger partial charge in [0.05, 0.1) is 12.7 Å². The van der Waals surface area contributed by atoms with Crippen LogP contribution in [0.2, 0.25) is 0 Å². The van der Waals surface area contributed by atoms with Crippen LogP contribution >= 0.6 is 0 Å². The van der Waals surface area contributed by atoms with Gasteiger partial charge in [-0.2, -0.15) is 0 Å². The third-order valence-electron chi connectivity index (χ3n) is 5.59. The molecule has 2 aromatic carbocycles. The minimum atomic E-state index is -0.271. The summed E-state index contributed by atoms with van der Waals surface area (Å²) in [6.07, 6.45) is 2.44. The first-order valence-corrected chi connectivity index (χ1v) is 10.3. The Hall–Kier alpha value is -2.88. The van der Waals surface area contributed by atoms with Crippen LogP contribution in [0.1, 0.15) is 54.5 Å². The molecule has 0 heterocycles. The highest BCUT2D eigenvalue weighted by Gasteiger charge is 2.35. The van der Waals surface area contributed by atoms with Crippen molar-refractivity contribution in [3.8, 4) is 11.5 Å². The first-order chi connectivity index (χ1) is 14.1. The van der Waals surface area contributed by atoms with Crippen molar-refractivity contribution in [3.63, 3.8) is 0 Å². The number of hydrogen-bond acceptors (Lipinski definition) is 4. The number of aryl methyl sites for hydroxylation is 3. The molecule has 0 atom stereocenters. The van der Waals surface area contributed by atoms with Crippen molar-refractivity contribution in [2.24, 2.45) is 5.41 Å². The number of carbonyl (C=O) groups excluding carboxylic acids is 2. The molecule has 0 unspecified atom stereocenters. The molecule has 4 heteroatoms. The Kier molecular flexibility index (Phi) is 6.16.